The average molecular weight is 233 g/mol. The summed E-state index contributed by atoms with van der Waals surface area (Å²) in [5.74, 6) is -0.752. The van der Waals surface area contributed by atoms with E-state index in [0.29, 0.717) is 6.21 Å². The number of amides is 1. The third-order valence-corrected chi connectivity index (χ3v) is 2.40. The molecule has 5 atom stereocenters. The molecule has 0 aromatic heterocycles. The number of nitrogens with two attached hydrogens (primary N) is 1. The summed E-state index contributed by atoms with van der Waals surface area (Å²) in [5, 5.41) is 36.9. The van der Waals surface area contributed by atoms with E-state index in [4.69, 9.17) is 21.0 Å². The van der Waals surface area contributed by atoms with E-state index >= 15 is 0 Å². The molecule has 0 unspecified atom stereocenters. The van der Waals surface area contributed by atoms with E-state index in [2.05, 4.69) is 5.32 Å². The van der Waals surface area contributed by atoms with E-state index in [9.17, 15) is 15.0 Å². The molecule has 0 radical (unpaired) electrons. The molecule has 1 saturated heterocycles. The highest BCUT2D eigenvalue weighted by Gasteiger charge is 2.43. The number of rotatable bonds is 3. The van der Waals surface area contributed by atoms with Crippen molar-refractivity contribution in [3.63, 3.8) is 0 Å². The number of hydrogen-bond acceptors (Lipinski definition) is 7. The summed E-state index contributed by atoms with van der Waals surface area (Å²) >= 11 is 0. The Kier molecular flexibility index (Phi) is 4.33. The van der Waals surface area contributed by atoms with E-state index in [1.807, 2.05) is 0 Å². The molecule has 8 heteroatoms. The monoisotopic (exact) mass is 233 g/mol. The van der Waals surface area contributed by atoms with E-state index in [-0.39, 0.29) is 0 Å². The number of aliphatic hydroxyl groups excluding tert-OH is 3. The Balaban J connectivity index is 2.71. The molecule has 0 aromatic carbocycles. The van der Waals surface area contributed by atoms with Crippen LogP contribution in [-0.2, 0) is 9.53 Å². The van der Waals surface area contributed by atoms with Crippen LogP contribution in [-0.4, -0.2) is 64.6 Å². The van der Waals surface area contributed by atoms with Crippen LogP contribution in [0.5, 0.6) is 0 Å². The smallest absolute Gasteiger partial charge is 0.262 e. The van der Waals surface area contributed by atoms with Crippen molar-refractivity contribution in [1.29, 1.82) is 5.41 Å². The zero-order chi connectivity index (χ0) is 12.3. The summed E-state index contributed by atoms with van der Waals surface area (Å²) in [6, 6.07) is -1.02. The van der Waals surface area contributed by atoms with Crippen LogP contribution in [0.4, 0.5) is 0 Å². The van der Waals surface area contributed by atoms with Crippen molar-refractivity contribution in [3.05, 3.63) is 0 Å². The molecule has 1 rings (SSSR count). The fourth-order valence-corrected chi connectivity index (χ4v) is 1.52. The van der Waals surface area contributed by atoms with Crippen LogP contribution >= 0.6 is 0 Å². The molecular formula is C8H15N3O5. The maximum atomic E-state index is 10.9. The Bertz CT molecular complexity index is 274. The molecule has 0 saturated carbocycles. The highest BCUT2D eigenvalue weighted by Crippen LogP contribution is 2.18. The van der Waals surface area contributed by atoms with Gasteiger partial charge < -0.3 is 36.5 Å². The Morgan fingerprint density at radius 1 is 1.50 bits per heavy atom. The van der Waals surface area contributed by atoms with Crippen molar-refractivity contribution in [3.8, 4) is 0 Å². The molecule has 0 spiro atoms. The molecule has 1 fully saturated rings. The van der Waals surface area contributed by atoms with Gasteiger partial charge in [0.1, 0.15) is 24.5 Å². The first kappa shape index (κ1) is 13.0. The molecule has 7 N–H and O–H groups in total. The van der Waals surface area contributed by atoms with Crippen molar-refractivity contribution < 1.29 is 24.9 Å². The third kappa shape index (κ3) is 2.54. The summed E-state index contributed by atoms with van der Waals surface area (Å²) in [7, 11) is 0. The molecule has 8 nitrogen and oxygen atoms in total. The minimum absolute atomic E-state index is 0.489. The van der Waals surface area contributed by atoms with Gasteiger partial charge in [0, 0.05) is 0 Å². The number of ether oxygens (including phenoxy) is 1. The molecular weight excluding hydrogens is 218 g/mol. The first-order chi connectivity index (χ1) is 7.51. The van der Waals surface area contributed by atoms with Gasteiger partial charge in [-0.25, -0.2) is 0 Å². The van der Waals surface area contributed by atoms with Crippen molar-refractivity contribution in [2.24, 2.45) is 5.73 Å². The Morgan fingerprint density at radius 3 is 2.62 bits per heavy atom. The quantitative estimate of drug-likeness (QED) is 0.279. The van der Waals surface area contributed by atoms with Gasteiger partial charge >= 0.3 is 0 Å². The lowest BCUT2D eigenvalue weighted by Gasteiger charge is -2.40. The van der Waals surface area contributed by atoms with Crippen LogP contribution in [0, 0.1) is 5.41 Å². The van der Waals surface area contributed by atoms with Crippen molar-refractivity contribution in [2.75, 3.05) is 6.61 Å². The summed E-state index contributed by atoms with van der Waals surface area (Å²) in [6.07, 6.45) is -4.23. The largest absolute Gasteiger partial charge is 0.394 e. The van der Waals surface area contributed by atoms with Crippen molar-refractivity contribution >= 4 is 12.1 Å². The first-order valence-electron chi connectivity index (χ1n) is 4.70. The lowest BCUT2D eigenvalue weighted by Crippen LogP contribution is -2.66. The lowest BCUT2D eigenvalue weighted by molar-refractivity contribution is -0.193. The van der Waals surface area contributed by atoms with E-state index in [1.54, 1.807) is 0 Å². The summed E-state index contributed by atoms with van der Waals surface area (Å²) in [6.45, 7) is -0.489. The summed E-state index contributed by atoms with van der Waals surface area (Å²) in [4.78, 5) is 10.9. The average Bonchev–Trinajstić information content (AvgIpc) is 2.28. The van der Waals surface area contributed by atoms with Gasteiger partial charge in [0.15, 0.2) is 0 Å². The molecule has 1 aliphatic rings. The normalized spacial score (nSPS) is 39.1. The topological polar surface area (TPSA) is 149 Å². The summed E-state index contributed by atoms with van der Waals surface area (Å²) in [5.41, 5.74) is 5.51. The maximum Gasteiger partial charge on any atom is 0.262 e. The number of nitrogens with one attached hydrogen (secondary N) is 2. The van der Waals surface area contributed by atoms with Crippen molar-refractivity contribution in [2.45, 2.75) is 30.6 Å². The molecule has 92 valence electrons. The summed E-state index contributed by atoms with van der Waals surface area (Å²) < 4.78 is 5.00. The predicted molar refractivity (Wildman–Crippen MR) is 52.7 cm³/mol. The minimum atomic E-state index is -1.36. The van der Waals surface area contributed by atoms with Crippen LogP contribution in [0.2, 0.25) is 0 Å². The van der Waals surface area contributed by atoms with E-state index < -0.39 is 43.1 Å². The van der Waals surface area contributed by atoms with Gasteiger partial charge in [-0.3, -0.25) is 4.79 Å². The Hall–Kier alpha value is -1.06. The number of carbonyl (C=O) groups is 1. The fourth-order valence-electron chi connectivity index (χ4n) is 1.52. The second-order valence-electron chi connectivity index (χ2n) is 3.48. The maximum absolute atomic E-state index is 10.9. The van der Waals surface area contributed by atoms with Gasteiger partial charge in [-0.05, 0) is 0 Å². The van der Waals surface area contributed by atoms with Crippen LogP contribution in [0.3, 0.4) is 0 Å². The highest BCUT2D eigenvalue weighted by atomic mass is 16.5. The second kappa shape index (κ2) is 5.32. The highest BCUT2D eigenvalue weighted by molar-refractivity contribution is 6.25. The fraction of sp³-hybridized carbons (Fsp3) is 0.750. The molecule has 0 aliphatic carbocycles. The molecule has 16 heavy (non-hydrogen) atoms. The lowest BCUT2D eigenvalue weighted by atomic mass is 9.96. The Labute approximate surface area is 91.5 Å². The van der Waals surface area contributed by atoms with Crippen LogP contribution in [0.1, 0.15) is 0 Å². The number of carbonyl (C=O) groups excluding carboxylic acids is 1. The van der Waals surface area contributed by atoms with Gasteiger partial charge in [-0.1, -0.05) is 0 Å². The molecule has 0 aromatic rings. The van der Waals surface area contributed by atoms with Crippen molar-refractivity contribution in [1.82, 2.24) is 5.32 Å². The first-order valence-corrected chi connectivity index (χ1v) is 4.70. The van der Waals surface area contributed by atoms with Crippen LogP contribution in [0.15, 0.2) is 0 Å². The van der Waals surface area contributed by atoms with Gasteiger partial charge in [-0.15, -0.1) is 0 Å². The second-order valence-corrected chi connectivity index (χ2v) is 3.48. The molecule has 1 aliphatic heterocycles. The van der Waals surface area contributed by atoms with Gasteiger partial charge in [0.25, 0.3) is 5.91 Å². The molecule has 1 heterocycles. The zero-order valence-electron chi connectivity index (χ0n) is 8.41. The predicted octanol–water partition coefficient (Wildman–Crippen LogP) is -3.48. The SMILES string of the molecule is N=CC(=O)N[C@@H]1[C@@H](O)[C@H](O)[C@@H](CO)O[C@H]1N. The van der Waals surface area contributed by atoms with E-state index in [1.165, 1.54) is 0 Å². The van der Waals surface area contributed by atoms with Gasteiger partial charge in [0.2, 0.25) is 0 Å². The number of aliphatic hydroxyl groups is 3. The van der Waals surface area contributed by atoms with Gasteiger partial charge in [0.05, 0.1) is 18.9 Å². The zero-order valence-corrected chi connectivity index (χ0v) is 8.41. The Morgan fingerprint density at radius 2 is 2.12 bits per heavy atom. The van der Waals surface area contributed by atoms with E-state index in [0.717, 1.165) is 0 Å². The standard InChI is InChI=1S/C8H15N3O5/c9-1-4(13)11-5-7(15)6(14)3(2-12)16-8(5)10/h1,3,5-9,12,14-15H,2,10H2,(H,11,13)/t3-,5-,6-,7-,8-/m1/s1. The number of hydrogen-bond donors (Lipinski definition) is 6. The molecule has 0 bridgehead atoms. The minimum Gasteiger partial charge on any atom is -0.394 e. The third-order valence-electron chi connectivity index (χ3n) is 2.40. The van der Waals surface area contributed by atoms with Gasteiger partial charge in [-0.2, -0.15) is 0 Å². The van der Waals surface area contributed by atoms with Crippen LogP contribution in [0.25, 0.3) is 0 Å². The molecule has 1 amide bonds. The van der Waals surface area contributed by atoms with Crippen LogP contribution < -0.4 is 11.1 Å².